The molecule has 1 aromatic carbocycles. The van der Waals surface area contributed by atoms with Gasteiger partial charge in [0.2, 0.25) is 0 Å². The lowest BCUT2D eigenvalue weighted by Gasteiger charge is -2.33. The monoisotopic (exact) mass is 283 g/mol. The van der Waals surface area contributed by atoms with Gasteiger partial charge in [-0.05, 0) is 19.1 Å². The van der Waals surface area contributed by atoms with Crippen LogP contribution in [0.15, 0.2) is 41.8 Å². The maximum absolute atomic E-state index is 12.1. The van der Waals surface area contributed by atoms with Crippen LogP contribution in [0.5, 0.6) is 0 Å². The zero-order chi connectivity index (χ0) is 14.4. The van der Waals surface area contributed by atoms with Crippen LogP contribution in [0.2, 0.25) is 0 Å². The number of carbonyl (C=O) groups excluding carboxylic acids is 1. The lowest BCUT2D eigenvalue weighted by molar-refractivity contribution is 0.112. The summed E-state index contributed by atoms with van der Waals surface area (Å²) in [6, 6.07) is 7.91. The van der Waals surface area contributed by atoms with Gasteiger partial charge in [-0.15, -0.1) is 0 Å². The summed E-state index contributed by atoms with van der Waals surface area (Å²) < 4.78 is 7.03. The number of imidazole rings is 1. The molecule has 1 aromatic heterocycles. The van der Waals surface area contributed by atoms with Gasteiger partial charge in [0.25, 0.3) is 0 Å². The van der Waals surface area contributed by atoms with Gasteiger partial charge in [0, 0.05) is 5.56 Å². The molecule has 0 saturated carbocycles. The third kappa shape index (κ3) is 1.57. The van der Waals surface area contributed by atoms with Crippen LogP contribution in [0.3, 0.4) is 0 Å². The first-order valence-corrected chi connectivity index (χ1v) is 6.72. The number of ether oxygens (including phenoxy) is 1. The van der Waals surface area contributed by atoms with Gasteiger partial charge < -0.3 is 4.74 Å². The molecule has 0 N–H and O–H groups in total. The van der Waals surface area contributed by atoms with E-state index in [1.54, 1.807) is 24.5 Å². The molecular formula is C14H13N5O2. The van der Waals surface area contributed by atoms with Crippen LogP contribution in [-0.2, 0) is 4.74 Å². The molecule has 2 aliphatic heterocycles. The molecule has 2 aliphatic rings. The van der Waals surface area contributed by atoms with Crippen molar-refractivity contribution in [3.8, 4) is 5.69 Å². The molecule has 3 heterocycles. The standard InChI is InChI=1S/C14H13N5O2/c1-2-21-14(20)18-9-16-13-10-5-3-4-6-11(10)17-8-15-7-12(17)19(13)18/h3-8H,2,9H2,1H3. The average Bonchev–Trinajstić information content (AvgIpc) is 3.14. The molecule has 0 unspecified atom stereocenters. The minimum Gasteiger partial charge on any atom is -0.448 e. The molecule has 0 saturated heterocycles. The minimum absolute atomic E-state index is 0.244. The summed E-state index contributed by atoms with van der Waals surface area (Å²) in [5.41, 5.74) is 1.97. The normalized spacial score (nSPS) is 15.2. The van der Waals surface area contributed by atoms with E-state index < -0.39 is 6.09 Å². The molecule has 1 amide bonds. The van der Waals surface area contributed by atoms with Crippen LogP contribution in [0.25, 0.3) is 5.69 Å². The van der Waals surface area contributed by atoms with E-state index in [-0.39, 0.29) is 6.67 Å². The minimum atomic E-state index is -0.414. The fourth-order valence-corrected chi connectivity index (χ4v) is 2.65. The molecule has 0 fully saturated rings. The zero-order valence-corrected chi connectivity index (χ0v) is 11.4. The summed E-state index contributed by atoms with van der Waals surface area (Å²) in [5.74, 6) is 1.52. The second kappa shape index (κ2) is 4.34. The first-order chi connectivity index (χ1) is 10.3. The number of rotatable bonds is 1. The largest absolute Gasteiger partial charge is 0.448 e. The predicted molar refractivity (Wildman–Crippen MR) is 76.3 cm³/mol. The average molecular weight is 283 g/mol. The molecule has 0 bridgehead atoms. The van der Waals surface area contributed by atoms with Gasteiger partial charge in [-0.3, -0.25) is 4.57 Å². The molecule has 0 atom stereocenters. The quantitative estimate of drug-likeness (QED) is 0.800. The van der Waals surface area contributed by atoms with E-state index in [9.17, 15) is 4.79 Å². The number of hydrazine groups is 1. The predicted octanol–water partition coefficient (Wildman–Crippen LogP) is 1.78. The van der Waals surface area contributed by atoms with E-state index in [0.29, 0.717) is 6.61 Å². The number of amidine groups is 1. The van der Waals surface area contributed by atoms with Crippen molar-refractivity contribution in [2.45, 2.75) is 6.92 Å². The molecule has 0 radical (unpaired) electrons. The summed E-state index contributed by atoms with van der Waals surface area (Å²) in [5, 5.41) is 3.23. The molecule has 2 aromatic rings. The third-order valence-corrected chi connectivity index (χ3v) is 3.52. The lowest BCUT2D eigenvalue weighted by atomic mass is 10.1. The fourth-order valence-electron chi connectivity index (χ4n) is 2.65. The van der Waals surface area contributed by atoms with Crippen LogP contribution in [0.4, 0.5) is 10.6 Å². The number of amides is 1. The van der Waals surface area contributed by atoms with Crippen molar-refractivity contribution in [1.82, 2.24) is 14.6 Å². The highest BCUT2D eigenvalue weighted by Crippen LogP contribution is 2.34. The van der Waals surface area contributed by atoms with Gasteiger partial charge in [0.1, 0.15) is 13.0 Å². The van der Waals surface area contributed by atoms with Crippen molar-refractivity contribution in [2.75, 3.05) is 18.3 Å². The lowest BCUT2D eigenvalue weighted by Crippen LogP contribution is -2.48. The maximum Gasteiger partial charge on any atom is 0.431 e. The third-order valence-electron chi connectivity index (χ3n) is 3.52. The molecule has 106 valence electrons. The Morgan fingerprint density at radius 2 is 2.24 bits per heavy atom. The molecule has 0 aliphatic carbocycles. The number of aliphatic imine (C=N–C) groups is 1. The molecule has 21 heavy (non-hydrogen) atoms. The Labute approximate surface area is 121 Å². The van der Waals surface area contributed by atoms with Crippen molar-refractivity contribution in [3.05, 3.63) is 42.4 Å². The molecule has 0 spiro atoms. The highest BCUT2D eigenvalue weighted by Gasteiger charge is 2.38. The Morgan fingerprint density at radius 1 is 1.38 bits per heavy atom. The fraction of sp³-hybridized carbons (Fsp3) is 0.214. The Morgan fingerprint density at radius 3 is 3.10 bits per heavy atom. The van der Waals surface area contributed by atoms with Gasteiger partial charge in [-0.25, -0.2) is 19.8 Å². The molecular weight excluding hydrogens is 270 g/mol. The Balaban J connectivity index is 1.85. The number of nitrogens with zero attached hydrogens (tertiary/aromatic N) is 5. The van der Waals surface area contributed by atoms with E-state index in [1.165, 1.54) is 5.01 Å². The van der Waals surface area contributed by atoms with E-state index in [4.69, 9.17) is 4.74 Å². The topological polar surface area (TPSA) is 63.0 Å². The van der Waals surface area contributed by atoms with Crippen molar-refractivity contribution < 1.29 is 9.53 Å². The number of hydrogen-bond acceptors (Lipinski definition) is 5. The van der Waals surface area contributed by atoms with Crippen molar-refractivity contribution in [1.29, 1.82) is 0 Å². The van der Waals surface area contributed by atoms with E-state index in [0.717, 1.165) is 22.9 Å². The van der Waals surface area contributed by atoms with Crippen molar-refractivity contribution >= 4 is 17.7 Å². The Hall–Kier alpha value is -2.83. The second-order valence-electron chi connectivity index (χ2n) is 4.67. The zero-order valence-electron chi connectivity index (χ0n) is 11.4. The molecule has 4 rings (SSSR count). The number of carbonyl (C=O) groups is 1. The number of benzene rings is 1. The van der Waals surface area contributed by atoms with Crippen LogP contribution >= 0.6 is 0 Å². The van der Waals surface area contributed by atoms with E-state index in [1.807, 2.05) is 28.8 Å². The number of fused-ring (bicyclic) bond motifs is 6. The molecule has 7 heteroatoms. The number of anilines is 1. The van der Waals surface area contributed by atoms with Crippen LogP contribution in [-0.4, -0.2) is 39.8 Å². The van der Waals surface area contributed by atoms with Gasteiger partial charge in [-0.1, -0.05) is 12.1 Å². The summed E-state index contributed by atoms with van der Waals surface area (Å²) in [6.07, 6.45) is 3.03. The SMILES string of the molecule is CCOC(=O)N1CN=C2c3ccccc3-n3cncc3N21. The first kappa shape index (κ1) is 12.0. The summed E-state index contributed by atoms with van der Waals surface area (Å²) in [4.78, 5) is 20.8. The molecule has 7 nitrogen and oxygen atoms in total. The van der Waals surface area contributed by atoms with Crippen LogP contribution in [0, 0.1) is 0 Å². The van der Waals surface area contributed by atoms with Crippen LogP contribution < -0.4 is 5.01 Å². The van der Waals surface area contributed by atoms with Crippen molar-refractivity contribution in [2.24, 2.45) is 4.99 Å². The number of hydrogen-bond donors (Lipinski definition) is 0. The van der Waals surface area contributed by atoms with Gasteiger partial charge in [-0.2, -0.15) is 5.01 Å². The van der Waals surface area contributed by atoms with Gasteiger partial charge in [0.15, 0.2) is 11.7 Å². The Kier molecular flexibility index (Phi) is 2.47. The van der Waals surface area contributed by atoms with Crippen molar-refractivity contribution in [3.63, 3.8) is 0 Å². The summed E-state index contributed by atoms with van der Waals surface area (Å²) in [6.45, 7) is 2.35. The van der Waals surface area contributed by atoms with E-state index >= 15 is 0 Å². The Bertz CT molecular complexity index is 751. The number of para-hydroxylation sites is 1. The first-order valence-electron chi connectivity index (χ1n) is 6.72. The highest BCUT2D eigenvalue weighted by molar-refractivity contribution is 6.15. The number of aromatic nitrogens is 2. The van der Waals surface area contributed by atoms with Crippen LogP contribution in [0.1, 0.15) is 12.5 Å². The second-order valence-corrected chi connectivity index (χ2v) is 4.67. The summed E-state index contributed by atoms with van der Waals surface area (Å²) in [7, 11) is 0. The summed E-state index contributed by atoms with van der Waals surface area (Å²) >= 11 is 0. The highest BCUT2D eigenvalue weighted by atomic mass is 16.6. The van der Waals surface area contributed by atoms with E-state index in [2.05, 4.69) is 9.98 Å². The maximum atomic E-state index is 12.1. The van der Waals surface area contributed by atoms with Gasteiger partial charge in [0.05, 0.1) is 18.5 Å². The van der Waals surface area contributed by atoms with Gasteiger partial charge >= 0.3 is 6.09 Å². The smallest absolute Gasteiger partial charge is 0.431 e.